The maximum Gasteiger partial charge on any atom is 0.163 e. The number of ketones is 1. The Balaban J connectivity index is 1.71. The van der Waals surface area contributed by atoms with Crippen LogP contribution in [0.2, 0.25) is 0 Å². The Kier molecular flexibility index (Phi) is 2.75. The third-order valence-corrected chi connectivity index (χ3v) is 7.57. The molecule has 1 aliphatic carbocycles. The van der Waals surface area contributed by atoms with Crippen molar-refractivity contribution in [3.8, 4) is 0 Å². The maximum atomic E-state index is 12.7. The summed E-state index contributed by atoms with van der Waals surface area (Å²) in [6.45, 7) is 0. The first-order valence-electron chi connectivity index (χ1n) is 11.1. The standard InChI is InChI=1S/C30H18O/c31-26-7-3-6-22-23(26)13-18-9-11-19-14-24-21-5-2-1-4-16(21)12-17-8-10-20-15-25(22)28(18)30(19)29(20)27(17)24/h1-2,4-5,8-15H,3,6-7H2. The third-order valence-electron chi connectivity index (χ3n) is 7.57. The lowest BCUT2D eigenvalue weighted by Crippen LogP contribution is -2.11. The zero-order valence-electron chi connectivity index (χ0n) is 17.0. The minimum atomic E-state index is 0.301. The molecule has 0 unspecified atom stereocenters. The topological polar surface area (TPSA) is 17.1 Å². The summed E-state index contributed by atoms with van der Waals surface area (Å²) < 4.78 is 0. The quantitative estimate of drug-likeness (QED) is 0.188. The normalized spacial score (nSPS) is 14.8. The van der Waals surface area contributed by atoms with Crippen molar-refractivity contribution in [2.45, 2.75) is 19.3 Å². The maximum absolute atomic E-state index is 12.7. The molecule has 0 amide bonds. The highest BCUT2D eigenvalue weighted by Crippen LogP contribution is 2.47. The van der Waals surface area contributed by atoms with Gasteiger partial charge in [-0.2, -0.15) is 0 Å². The predicted octanol–water partition coefficient (Wildman–Crippen LogP) is 8.00. The molecule has 0 N–H and O–H groups in total. The van der Waals surface area contributed by atoms with E-state index in [4.69, 9.17) is 0 Å². The van der Waals surface area contributed by atoms with Gasteiger partial charge in [-0.05, 0) is 107 Å². The Morgan fingerprint density at radius 1 is 0.516 bits per heavy atom. The van der Waals surface area contributed by atoms with Gasteiger partial charge in [-0.15, -0.1) is 0 Å². The highest BCUT2D eigenvalue weighted by Gasteiger charge is 2.24. The van der Waals surface area contributed by atoms with Crippen molar-refractivity contribution >= 4 is 70.4 Å². The van der Waals surface area contributed by atoms with E-state index in [0.29, 0.717) is 12.2 Å². The summed E-state index contributed by atoms with van der Waals surface area (Å²) >= 11 is 0. The molecule has 0 atom stereocenters. The van der Waals surface area contributed by atoms with E-state index in [-0.39, 0.29) is 0 Å². The number of hydrogen-bond donors (Lipinski definition) is 0. The van der Waals surface area contributed by atoms with E-state index in [1.54, 1.807) is 0 Å². The second-order valence-corrected chi connectivity index (χ2v) is 9.15. The van der Waals surface area contributed by atoms with Gasteiger partial charge in [0.1, 0.15) is 0 Å². The van der Waals surface area contributed by atoms with Gasteiger partial charge in [0.15, 0.2) is 5.78 Å². The zero-order valence-corrected chi connectivity index (χ0v) is 17.0. The highest BCUT2D eigenvalue weighted by atomic mass is 16.1. The van der Waals surface area contributed by atoms with Gasteiger partial charge in [-0.25, -0.2) is 0 Å². The van der Waals surface area contributed by atoms with Crippen LogP contribution in [0.15, 0.2) is 72.8 Å². The van der Waals surface area contributed by atoms with Gasteiger partial charge in [-0.1, -0.05) is 48.5 Å². The average Bonchev–Trinajstić information content (AvgIpc) is 2.81. The van der Waals surface area contributed by atoms with Crippen LogP contribution in [0.3, 0.4) is 0 Å². The Morgan fingerprint density at radius 2 is 1.16 bits per heavy atom. The average molecular weight is 394 g/mol. The fourth-order valence-corrected chi connectivity index (χ4v) is 6.28. The lowest BCUT2D eigenvalue weighted by atomic mass is 9.80. The summed E-state index contributed by atoms with van der Waals surface area (Å²) in [6, 6.07) is 26.9. The van der Waals surface area contributed by atoms with Gasteiger partial charge in [0.05, 0.1) is 0 Å². The Labute approximate surface area is 178 Å². The van der Waals surface area contributed by atoms with E-state index in [1.807, 2.05) is 0 Å². The van der Waals surface area contributed by atoms with Gasteiger partial charge in [-0.3, -0.25) is 4.79 Å². The molecule has 144 valence electrons. The van der Waals surface area contributed by atoms with Gasteiger partial charge in [0, 0.05) is 12.0 Å². The summed E-state index contributed by atoms with van der Waals surface area (Å²) in [4.78, 5) is 12.7. The molecule has 31 heavy (non-hydrogen) atoms. The second-order valence-electron chi connectivity index (χ2n) is 9.15. The van der Waals surface area contributed by atoms with E-state index < -0.39 is 0 Å². The van der Waals surface area contributed by atoms with Gasteiger partial charge >= 0.3 is 0 Å². The number of aryl methyl sites for hydroxylation is 1. The number of rotatable bonds is 0. The molecule has 0 aliphatic heterocycles. The van der Waals surface area contributed by atoms with Crippen LogP contribution in [-0.4, -0.2) is 5.78 Å². The lowest BCUT2D eigenvalue weighted by molar-refractivity contribution is 0.0973. The van der Waals surface area contributed by atoms with Crippen molar-refractivity contribution in [3.63, 3.8) is 0 Å². The van der Waals surface area contributed by atoms with Crippen LogP contribution >= 0.6 is 0 Å². The molecule has 1 aliphatic rings. The SMILES string of the molecule is O=C1CCCc2c1cc1ccc3cc4c5ccccc5cc5ccc6cc2c1c3c6c54. The molecule has 0 radical (unpaired) electrons. The fourth-order valence-electron chi connectivity index (χ4n) is 6.28. The summed E-state index contributed by atoms with van der Waals surface area (Å²) in [5, 5.41) is 15.7. The van der Waals surface area contributed by atoms with Crippen molar-refractivity contribution in [1.29, 1.82) is 0 Å². The minimum Gasteiger partial charge on any atom is -0.294 e. The molecule has 1 heteroatoms. The molecule has 0 spiro atoms. The first-order chi connectivity index (χ1) is 15.3. The van der Waals surface area contributed by atoms with E-state index in [2.05, 4.69) is 72.8 Å². The summed E-state index contributed by atoms with van der Waals surface area (Å²) in [6.07, 6.45) is 2.63. The zero-order chi connectivity index (χ0) is 20.3. The van der Waals surface area contributed by atoms with Gasteiger partial charge < -0.3 is 0 Å². The van der Waals surface area contributed by atoms with Crippen molar-refractivity contribution in [2.24, 2.45) is 0 Å². The predicted molar refractivity (Wildman–Crippen MR) is 131 cm³/mol. The van der Waals surface area contributed by atoms with Crippen LogP contribution in [0.25, 0.3) is 64.6 Å². The molecule has 1 nitrogen and oxygen atoms in total. The van der Waals surface area contributed by atoms with Crippen molar-refractivity contribution in [2.75, 3.05) is 0 Å². The van der Waals surface area contributed by atoms with Crippen LogP contribution in [0.5, 0.6) is 0 Å². The first-order valence-corrected chi connectivity index (χ1v) is 11.1. The van der Waals surface area contributed by atoms with Crippen molar-refractivity contribution in [3.05, 3.63) is 83.9 Å². The number of carbonyl (C=O) groups is 1. The minimum absolute atomic E-state index is 0.301. The van der Waals surface area contributed by atoms with Crippen LogP contribution < -0.4 is 0 Å². The summed E-state index contributed by atoms with van der Waals surface area (Å²) in [5.74, 6) is 0.301. The Bertz CT molecular complexity index is 1870. The molecule has 7 aromatic rings. The molecule has 8 rings (SSSR count). The first kappa shape index (κ1) is 16.0. The molecular weight excluding hydrogens is 376 g/mol. The second kappa shape index (κ2) is 5.31. The summed E-state index contributed by atoms with van der Waals surface area (Å²) in [7, 11) is 0. The Morgan fingerprint density at radius 3 is 1.97 bits per heavy atom. The monoisotopic (exact) mass is 394 g/mol. The largest absolute Gasteiger partial charge is 0.294 e. The van der Waals surface area contributed by atoms with Crippen molar-refractivity contribution in [1.82, 2.24) is 0 Å². The molecule has 0 aromatic heterocycles. The van der Waals surface area contributed by atoms with Gasteiger partial charge in [0.25, 0.3) is 0 Å². The van der Waals surface area contributed by atoms with E-state index in [9.17, 15) is 4.79 Å². The number of benzene rings is 7. The molecule has 0 saturated carbocycles. The third kappa shape index (κ3) is 1.86. The number of Topliss-reactive ketones (excluding diaryl/α,β-unsaturated/α-hetero) is 1. The van der Waals surface area contributed by atoms with E-state index in [1.165, 1.54) is 70.2 Å². The fraction of sp³-hybridized carbons (Fsp3) is 0.100. The van der Waals surface area contributed by atoms with Crippen LogP contribution in [-0.2, 0) is 6.42 Å². The van der Waals surface area contributed by atoms with Crippen LogP contribution in [0.1, 0.15) is 28.8 Å². The van der Waals surface area contributed by atoms with Crippen molar-refractivity contribution < 1.29 is 4.79 Å². The van der Waals surface area contributed by atoms with E-state index in [0.717, 1.165) is 18.4 Å². The Hall–Kier alpha value is -3.71. The molecule has 7 aromatic carbocycles. The van der Waals surface area contributed by atoms with Gasteiger partial charge in [0.2, 0.25) is 0 Å². The number of hydrogen-bond acceptors (Lipinski definition) is 1. The van der Waals surface area contributed by atoms with Crippen LogP contribution in [0, 0.1) is 0 Å². The highest BCUT2D eigenvalue weighted by molar-refractivity contribution is 6.39. The molecule has 0 saturated heterocycles. The molecule has 0 bridgehead atoms. The summed E-state index contributed by atoms with van der Waals surface area (Å²) in [5.41, 5.74) is 2.20. The number of carbonyl (C=O) groups excluding carboxylic acids is 1. The molecule has 0 heterocycles. The molecule has 0 fully saturated rings. The van der Waals surface area contributed by atoms with Crippen LogP contribution in [0.4, 0.5) is 0 Å². The molecular formula is C30H18O. The van der Waals surface area contributed by atoms with E-state index >= 15 is 0 Å². The smallest absolute Gasteiger partial charge is 0.163 e. The number of fused-ring (bicyclic) bond motifs is 4. The lowest BCUT2D eigenvalue weighted by Gasteiger charge is -2.22.